The van der Waals surface area contributed by atoms with Gasteiger partial charge in [0.1, 0.15) is 5.37 Å². The number of amides is 2. The van der Waals surface area contributed by atoms with Gasteiger partial charge in [-0.2, -0.15) is 13.2 Å². The van der Waals surface area contributed by atoms with Gasteiger partial charge in [0.2, 0.25) is 5.91 Å². The molecule has 1 saturated heterocycles. The zero-order valence-corrected chi connectivity index (χ0v) is 17.0. The highest BCUT2D eigenvalue weighted by Gasteiger charge is 2.35. The Morgan fingerprint density at radius 3 is 2.33 bits per heavy atom. The Morgan fingerprint density at radius 1 is 1.03 bits per heavy atom. The lowest BCUT2D eigenvalue weighted by molar-refractivity contribution is -0.137. The Bertz CT molecular complexity index is 1050. The maximum absolute atomic E-state index is 12.8. The smallest absolute Gasteiger partial charge is 0.321 e. The number of thioether (sulfide) groups is 1. The number of benzene rings is 2. The summed E-state index contributed by atoms with van der Waals surface area (Å²) in [6, 6.07) is 15.2. The van der Waals surface area contributed by atoms with E-state index in [2.05, 4.69) is 5.32 Å². The largest absolute Gasteiger partial charge is 0.416 e. The number of nitrogens with one attached hydrogen (secondary N) is 1. The maximum Gasteiger partial charge on any atom is 0.416 e. The van der Waals surface area contributed by atoms with Crippen LogP contribution in [0.25, 0.3) is 0 Å². The Morgan fingerprint density at radius 2 is 1.73 bits per heavy atom. The lowest BCUT2D eigenvalue weighted by Gasteiger charge is -2.25. The molecule has 1 unspecified atom stereocenters. The number of hydrogen-bond donors (Lipinski definition) is 1. The third-order valence-corrected chi connectivity index (χ3v) is 6.62. The zero-order valence-electron chi connectivity index (χ0n) is 15.3. The van der Waals surface area contributed by atoms with Crippen LogP contribution >= 0.6 is 23.1 Å². The van der Waals surface area contributed by atoms with Gasteiger partial charge in [0, 0.05) is 11.4 Å². The Hall–Kier alpha value is -2.78. The molecule has 154 valence electrons. The number of rotatable bonds is 4. The highest BCUT2D eigenvalue weighted by Crippen LogP contribution is 2.42. The third-order valence-electron chi connectivity index (χ3n) is 4.54. The van der Waals surface area contributed by atoms with Gasteiger partial charge in [-0.25, -0.2) is 0 Å². The molecule has 1 aromatic heterocycles. The first-order valence-electron chi connectivity index (χ1n) is 8.89. The molecule has 4 nitrogen and oxygen atoms in total. The highest BCUT2D eigenvalue weighted by atomic mass is 32.2. The standard InChI is InChI=1S/C21H15F3N2O2S2/c22-21(23,24)14-5-9-16(10-6-14)26-18(27)12-30-20(26)13-3-7-15(8-4-13)25-19(28)17-2-1-11-29-17/h1-11,20H,12H2,(H,25,28). The molecule has 1 N–H and O–H groups in total. The number of anilines is 2. The minimum atomic E-state index is -4.43. The van der Waals surface area contributed by atoms with Crippen molar-refractivity contribution >= 4 is 46.3 Å². The van der Waals surface area contributed by atoms with Crippen molar-refractivity contribution in [1.82, 2.24) is 0 Å². The summed E-state index contributed by atoms with van der Waals surface area (Å²) in [4.78, 5) is 26.7. The van der Waals surface area contributed by atoms with Crippen molar-refractivity contribution in [2.45, 2.75) is 11.6 Å². The molecule has 9 heteroatoms. The van der Waals surface area contributed by atoms with E-state index < -0.39 is 11.7 Å². The van der Waals surface area contributed by atoms with Crippen molar-refractivity contribution < 1.29 is 22.8 Å². The van der Waals surface area contributed by atoms with Gasteiger partial charge in [0.15, 0.2) is 0 Å². The first-order chi connectivity index (χ1) is 14.3. The zero-order chi connectivity index (χ0) is 21.3. The summed E-state index contributed by atoms with van der Waals surface area (Å²) < 4.78 is 38.5. The molecular formula is C21H15F3N2O2S2. The number of carbonyl (C=O) groups excluding carboxylic acids is 2. The predicted octanol–water partition coefficient (Wildman–Crippen LogP) is 5.80. The summed E-state index contributed by atoms with van der Waals surface area (Å²) in [5, 5.41) is 4.28. The van der Waals surface area contributed by atoms with Crippen LogP contribution in [0.1, 0.15) is 26.2 Å². The van der Waals surface area contributed by atoms with Crippen LogP contribution in [0, 0.1) is 0 Å². The van der Waals surface area contributed by atoms with E-state index in [0.717, 1.165) is 17.7 Å². The molecule has 1 aliphatic rings. The van der Waals surface area contributed by atoms with Gasteiger partial charge < -0.3 is 5.32 Å². The minimum Gasteiger partial charge on any atom is -0.321 e. The fourth-order valence-corrected chi connectivity index (χ4v) is 4.89. The minimum absolute atomic E-state index is 0.167. The monoisotopic (exact) mass is 448 g/mol. The maximum atomic E-state index is 12.8. The van der Waals surface area contributed by atoms with E-state index in [1.54, 1.807) is 36.4 Å². The fraction of sp³-hybridized carbons (Fsp3) is 0.143. The first kappa shape index (κ1) is 20.5. The second-order valence-electron chi connectivity index (χ2n) is 6.53. The number of alkyl halides is 3. The quantitative estimate of drug-likeness (QED) is 0.549. The Balaban J connectivity index is 1.52. The summed E-state index contributed by atoms with van der Waals surface area (Å²) in [5.41, 5.74) is 1.10. The fourth-order valence-electron chi connectivity index (χ4n) is 3.09. The molecule has 2 heterocycles. The van der Waals surface area contributed by atoms with Crippen molar-refractivity contribution in [1.29, 1.82) is 0 Å². The van der Waals surface area contributed by atoms with Gasteiger partial charge in [-0.3, -0.25) is 14.5 Å². The second kappa shape index (κ2) is 8.16. The van der Waals surface area contributed by atoms with Crippen LogP contribution in [0.3, 0.4) is 0 Å². The van der Waals surface area contributed by atoms with E-state index in [9.17, 15) is 22.8 Å². The summed E-state index contributed by atoms with van der Waals surface area (Å²) >= 11 is 2.75. The average molecular weight is 448 g/mol. The van der Waals surface area contributed by atoms with E-state index in [1.165, 1.54) is 40.1 Å². The Labute approximate surface area is 178 Å². The molecule has 0 radical (unpaired) electrons. The lowest BCUT2D eigenvalue weighted by Crippen LogP contribution is -2.27. The van der Waals surface area contributed by atoms with Gasteiger partial charge in [0.05, 0.1) is 16.2 Å². The summed E-state index contributed by atoms with van der Waals surface area (Å²) in [6.45, 7) is 0. The van der Waals surface area contributed by atoms with Gasteiger partial charge in [-0.1, -0.05) is 18.2 Å². The Kier molecular flexibility index (Phi) is 5.57. The molecule has 1 atom stereocenters. The van der Waals surface area contributed by atoms with E-state index in [4.69, 9.17) is 0 Å². The summed E-state index contributed by atoms with van der Waals surface area (Å²) in [6.07, 6.45) is -4.43. The molecule has 0 bridgehead atoms. The van der Waals surface area contributed by atoms with E-state index >= 15 is 0 Å². The second-order valence-corrected chi connectivity index (χ2v) is 8.54. The van der Waals surface area contributed by atoms with Gasteiger partial charge in [0.25, 0.3) is 5.91 Å². The number of nitrogens with zero attached hydrogens (tertiary/aromatic N) is 1. The van der Waals surface area contributed by atoms with Crippen LogP contribution in [0.5, 0.6) is 0 Å². The molecule has 0 spiro atoms. The van der Waals surface area contributed by atoms with Crippen LogP contribution in [0.2, 0.25) is 0 Å². The molecule has 1 aliphatic heterocycles. The molecule has 3 aromatic rings. The first-order valence-corrected chi connectivity index (χ1v) is 10.8. The number of halogens is 3. The number of hydrogen-bond acceptors (Lipinski definition) is 4. The average Bonchev–Trinajstić information content (AvgIpc) is 3.38. The number of carbonyl (C=O) groups is 2. The van der Waals surface area contributed by atoms with Crippen molar-refractivity contribution in [2.24, 2.45) is 0 Å². The molecule has 30 heavy (non-hydrogen) atoms. The molecule has 4 rings (SSSR count). The highest BCUT2D eigenvalue weighted by molar-refractivity contribution is 8.00. The van der Waals surface area contributed by atoms with Gasteiger partial charge in [-0.05, 0) is 53.4 Å². The molecule has 0 saturated carbocycles. The molecular weight excluding hydrogens is 433 g/mol. The van der Waals surface area contributed by atoms with Gasteiger partial charge in [-0.15, -0.1) is 23.1 Å². The van der Waals surface area contributed by atoms with Gasteiger partial charge >= 0.3 is 6.18 Å². The van der Waals surface area contributed by atoms with Crippen molar-refractivity contribution in [2.75, 3.05) is 16.0 Å². The van der Waals surface area contributed by atoms with E-state index in [-0.39, 0.29) is 22.9 Å². The SMILES string of the molecule is O=C(Nc1ccc(C2SCC(=O)N2c2ccc(C(F)(F)F)cc2)cc1)c1cccs1. The normalized spacial score (nSPS) is 16.7. The van der Waals surface area contributed by atoms with Crippen LogP contribution in [-0.4, -0.2) is 17.6 Å². The van der Waals surface area contributed by atoms with E-state index in [0.29, 0.717) is 16.3 Å². The molecule has 1 fully saturated rings. The summed E-state index contributed by atoms with van der Waals surface area (Å²) in [5.74, 6) is -0.128. The molecule has 2 aromatic carbocycles. The van der Waals surface area contributed by atoms with Crippen LogP contribution in [-0.2, 0) is 11.0 Å². The van der Waals surface area contributed by atoms with Crippen LogP contribution in [0.15, 0.2) is 66.0 Å². The topological polar surface area (TPSA) is 49.4 Å². The molecule has 2 amide bonds. The van der Waals surface area contributed by atoms with Crippen molar-refractivity contribution in [3.63, 3.8) is 0 Å². The predicted molar refractivity (Wildman–Crippen MR) is 113 cm³/mol. The van der Waals surface area contributed by atoms with Crippen molar-refractivity contribution in [3.05, 3.63) is 82.0 Å². The molecule has 0 aliphatic carbocycles. The number of thiophene rings is 1. The van der Waals surface area contributed by atoms with E-state index in [1.807, 2.05) is 5.38 Å². The van der Waals surface area contributed by atoms with Crippen LogP contribution < -0.4 is 10.2 Å². The summed E-state index contributed by atoms with van der Waals surface area (Å²) in [7, 11) is 0. The van der Waals surface area contributed by atoms with Crippen LogP contribution in [0.4, 0.5) is 24.5 Å². The lowest BCUT2D eigenvalue weighted by atomic mass is 10.1. The third kappa shape index (κ3) is 4.22. The van der Waals surface area contributed by atoms with Crippen molar-refractivity contribution in [3.8, 4) is 0 Å².